The highest BCUT2D eigenvalue weighted by Crippen LogP contribution is 2.22. The van der Waals surface area contributed by atoms with Gasteiger partial charge in [0.05, 0.1) is 0 Å². The van der Waals surface area contributed by atoms with Crippen molar-refractivity contribution in [2.45, 2.75) is 26.7 Å². The minimum atomic E-state index is -0.399. The molecule has 1 nitrogen and oxygen atoms in total. The summed E-state index contributed by atoms with van der Waals surface area (Å²) in [5, 5.41) is 9.48. The fourth-order valence-corrected chi connectivity index (χ4v) is 1.37. The van der Waals surface area contributed by atoms with Crippen molar-refractivity contribution in [3.8, 4) is 5.75 Å². The van der Waals surface area contributed by atoms with Crippen LogP contribution in [0, 0.1) is 11.7 Å². The van der Waals surface area contributed by atoms with Crippen LogP contribution in [0.3, 0.4) is 0 Å². The normalized spacial score (nSPS) is 12.5. The highest BCUT2D eigenvalue weighted by molar-refractivity contribution is 5.32. The number of aromatic hydroxyl groups is 1. The van der Waals surface area contributed by atoms with Gasteiger partial charge in [0.2, 0.25) is 0 Å². The Bertz CT molecular complexity index is 358. The lowest BCUT2D eigenvalue weighted by atomic mass is 9.95. The number of allylic oxidation sites excluding steroid dienone is 1. The van der Waals surface area contributed by atoms with Crippen LogP contribution in [0.2, 0.25) is 0 Å². The van der Waals surface area contributed by atoms with E-state index in [9.17, 15) is 9.50 Å². The summed E-state index contributed by atoms with van der Waals surface area (Å²) in [7, 11) is 0. The monoisotopic (exact) mass is 208 g/mol. The van der Waals surface area contributed by atoms with E-state index in [1.54, 1.807) is 6.07 Å². The molecule has 0 saturated heterocycles. The molecule has 1 aromatic carbocycles. The van der Waals surface area contributed by atoms with Gasteiger partial charge in [0.1, 0.15) is 11.6 Å². The molecule has 0 spiro atoms. The van der Waals surface area contributed by atoms with Gasteiger partial charge >= 0.3 is 0 Å². The number of hydrogen-bond acceptors (Lipinski definition) is 1. The van der Waals surface area contributed by atoms with E-state index in [4.69, 9.17) is 0 Å². The highest BCUT2D eigenvalue weighted by atomic mass is 19.1. The van der Waals surface area contributed by atoms with Gasteiger partial charge in [0.25, 0.3) is 0 Å². The van der Waals surface area contributed by atoms with E-state index in [1.165, 1.54) is 6.07 Å². The lowest BCUT2D eigenvalue weighted by Gasteiger charge is -2.11. The van der Waals surface area contributed by atoms with E-state index in [-0.39, 0.29) is 5.75 Å². The zero-order valence-corrected chi connectivity index (χ0v) is 9.26. The molecule has 0 radical (unpaired) electrons. The Labute approximate surface area is 90.3 Å². The minimum absolute atomic E-state index is 0.0453. The highest BCUT2D eigenvalue weighted by Gasteiger charge is 2.06. The Kier molecular flexibility index (Phi) is 3.89. The van der Waals surface area contributed by atoms with Crippen LogP contribution < -0.4 is 0 Å². The quantitative estimate of drug-likeness (QED) is 0.748. The molecule has 0 aliphatic carbocycles. The van der Waals surface area contributed by atoms with E-state index in [1.807, 2.05) is 6.92 Å². The second kappa shape index (κ2) is 4.96. The van der Waals surface area contributed by atoms with E-state index < -0.39 is 5.82 Å². The number of rotatable bonds is 4. The van der Waals surface area contributed by atoms with Crippen molar-refractivity contribution in [2.24, 2.45) is 5.92 Å². The third-order valence-corrected chi connectivity index (χ3v) is 2.74. The Hall–Kier alpha value is -1.31. The average molecular weight is 208 g/mol. The smallest absolute Gasteiger partial charge is 0.126 e. The number of aryl methyl sites for hydroxylation is 1. The number of hydrogen-bond donors (Lipinski definition) is 1. The van der Waals surface area contributed by atoms with Gasteiger partial charge in [0.15, 0.2) is 0 Å². The first-order valence-electron chi connectivity index (χ1n) is 5.13. The first kappa shape index (κ1) is 11.8. The van der Waals surface area contributed by atoms with Crippen LogP contribution in [0.1, 0.15) is 25.8 Å². The van der Waals surface area contributed by atoms with Gasteiger partial charge in [-0.1, -0.05) is 25.1 Å². The van der Waals surface area contributed by atoms with Gasteiger partial charge in [-0.2, -0.15) is 0 Å². The van der Waals surface area contributed by atoms with E-state index in [0.29, 0.717) is 5.92 Å². The SMILES string of the molecule is C=C(C)C(C)CCc1ccc(F)cc1O. The van der Waals surface area contributed by atoms with Crippen molar-refractivity contribution in [1.82, 2.24) is 0 Å². The zero-order chi connectivity index (χ0) is 11.4. The van der Waals surface area contributed by atoms with Gasteiger partial charge in [-0.3, -0.25) is 0 Å². The summed E-state index contributed by atoms with van der Waals surface area (Å²) in [4.78, 5) is 0. The summed E-state index contributed by atoms with van der Waals surface area (Å²) < 4.78 is 12.7. The Morgan fingerprint density at radius 3 is 2.73 bits per heavy atom. The number of benzene rings is 1. The molecule has 0 saturated carbocycles. The molecule has 1 rings (SSSR count). The predicted octanol–water partition coefficient (Wildman–Crippen LogP) is 3.68. The van der Waals surface area contributed by atoms with Crippen molar-refractivity contribution in [2.75, 3.05) is 0 Å². The van der Waals surface area contributed by atoms with Gasteiger partial charge in [-0.25, -0.2) is 4.39 Å². The second-order valence-electron chi connectivity index (χ2n) is 4.06. The van der Waals surface area contributed by atoms with E-state index in [0.717, 1.165) is 30.0 Å². The first-order valence-corrected chi connectivity index (χ1v) is 5.13. The molecule has 0 aliphatic heterocycles. The molecule has 0 amide bonds. The molecule has 1 N–H and O–H groups in total. The molecule has 0 bridgehead atoms. The maximum absolute atomic E-state index is 12.7. The number of phenols is 1. The average Bonchev–Trinajstić information content (AvgIpc) is 2.15. The number of halogens is 1. The lowest BCUT2D eigenvalue weighted by Crippen LogP contribution is -1.98. The maximum atomic E-state index is 12.7. The van der Waals surface area contributed by atoms with Crippen LogP contribution in [-0.2, 0) is 6.42 Å². The van der Waals surface area contributed by atoms with Gasteiger partial charge in [-0.15, -0.1) is 0 Å². The molecule has 1 atom stereocenters. The fourth-order valence-electron chi connectivity index (χ4n) is 1.37. The lowest BCUT2D eigenvalue weighted by molar-refractivity contribution is 0.458. The van der Waals surface area contributed by atoms with Crippen LogP contribution in [0.5, 0.6) is 5.75 Å². The molecule has 82 valence electrons. The molecular weight excluding hydrogens is 191 g/mol. The van der Waals surface area contributed by atoms with Crippen molar-refractivity contribution in [1.29, 1.82) is 0 Å². The van der Waals surface area contributed by atoms with Gasteiger partial charge in [-0.05, 0) is 37.3 Å². The first-order chi connectivity index (χ1) is 7.00. The second-order valence-corrected chi connectivity index (χ2v) is 4.06. The van der Waals surface area contributed by atoms with Crippen LogP contribution in [0.4, 0.5) is 4.39 Å². The molecule has 0 fully saturated rings. The maximum Gasteiger partial charge on any atom is 0.126 e. The van der Waals surface area contributed by atoms with Crippen molar-refractivity contribution in [3.05, 3.63) is 41.7 Å². The van der Waals surface area contributed by atoms with Gasteiger partial charge in [0, 0.05) is 6.07 Å². The molecular formula is C13H17FO. The Balaban J connectivity index is 2.62. The standard InChI is InChI=1S/C13H17FO/c1-9(2)10(3)4-5-11-6-7-12(14)8-13(11)15/h6-8,10,15H,1,4-5H2,2-3H3. The van der Waals surface area contributed by atoms with Crippen molar-refractivity contribution in [3.63, 3.8) is 0 Å². The summed E-state index contributed by atoms with van der Waals surface area (Å²) >= 11 is 0. The molecule has 0 aliphatic rings. The predicted molar refractivity (Wildman–Crippen MR) is 60.4 cm³/mol. The fraction of sp³-hybridized carbons (Fsp3) is 0.385. The van der Waals surface area contributed by atoms with Crippen molar-refractivity contribution >= 4 is 0 Å². The molecule has 1 unspecified atom stereocenters. The Morgan fingerprint density at radius 2 is 2.20 bits per heavy atom. The minimum Gasteiger partial charge on any atom is -0.508 e. The largest absolute Gasteiger partial charge is 0.508 e. The van der Waals surface area contributed by atoms with Crippen LogP contribution in [-0.4, -0.2) is 5.11 Å². The molecule has 1 aromatic rings. The van der Waals surface area contributed by atoms with Crippen molar-refractivity contribution < 1.29 is 9.50 Å². The summed E-state index contributed by atoms with van der Waals surface area (Å²) in [5.41, 5.74) is 1.93. The molecule has 2 heteroatoms. The van der Waals surface area contributed by atoms with Crippen LogP contribution >= 0.6 is 0 Å². The third-order valence-electron chi connectivity index (χ3n) is 2.74. The van der Waals surface area contributed by atoms with E-state index in [2.05, 4.69) is 13.5 Å². The van der Waals surface area contributed by atoms with Crippen LogP contribution in [0.25, 0.3) is 0 Å². The third kappa shape index (κ3) is 3.39. The van der Waals surface area contributed by atoms with Gasteiger partial charge < -0.3 is 5.11 Å². The molecule has 0 aromatic heterocycles. The summed E-state index contributed by atoms with van der Waals surface area (Å²) in [6.07, 6.45) is 1.68. The summed E-state index contributed by atoms with van der Waals surface area (Å²) in [6, 6.07) is 4.16. The van der Waals surface area contributed by atoms with E-state index >= 15 is 0 Å². The summed E-state index contributed by atoms with van der Waals surface area (Å²) in [6.45, 7) is 7.98. The topological polar surface area (TPSA) is 20.2 Å². The Morgan fingerprint density at radius 1 is 1.53 bits per heavy atom. The summed E-state index contributed by atoms with van der Waals surface area (Å²) in [5.74, 6) is 0.0718. The number of phenolic OH excluding ortho intramolecular Hbond substituents is 1. The molecule has 15 heavy (non-hydrogen) atoms. The van der Waals surface area contributed by atoms with Crippen LogP contribution in [0.15, 0.2) is 30.4 Å². The zero-order valence-electron chi connectivity index (χ0n) is 9.26. The molecule has 0 heterocycles.